The zero-order chi connectivity index (χ0) is 15.8. The number of benzene rings is 1. The minimum atomic E-state index is -3.38. The third-order valence-electron chi connectivity index (χ3n) is 3.34. The van der Waals surface area contributed by atoms with Crippen LogP contribution in [0.2, 0.25) is 0 Å². The molecular formula is C14H18N2O4S. The van der Waals surface area contributed by atoms with Crippen LogP contribution in [0, 0.1) is 0 Å². The van der Waals surface area contributed by atoms with Gasteiger partial charge in [0.05, 0.1) is 17.0 Å². The lowest BCUT2D eigenvalue weighted by molar-refractivity contribution is -0.144. The second-order valence-electron chi connectivity index (χ2n) is 4.90. The number of ether oxygens (including phenoxy) is 1. The van der Waals surface area contributed by atoms with Crippen molar-refractivity contribution in [3.8, 4) is 0 Å². The number of carbonyl (C=O) groups is 1. The maximum Gasteiger partial charge on any atom is 0.316 e. The van der Waals surface area contributed by atoms with Gasteiger partial charge in [0.25, 0.3) is 0 Å². The highest BCUT2D eigenvalue weighted by molar-refractivity contribution is 7.91. The normalized spacial score (nSPS) is 13.3. The molecule has 0 amide bonds. The number of fused-ring (bicyclic) bond motifs is 1. The van der Waals surface area contributed by atoms with Crippen molar-refractivity contribution in [1.82, 2.24) is 9.55 Å². The van der Waals surface area contributed by atoms with Crippen molar-refractivity contribution in [2.45, 2.75) is 24.7 Å². The number of hydrogen-bond acceptors (Lipinski definition) is 5. The minimum Gasteiger partial charge on any atom is -0.465 e. The molecule has 0 radical (unpaired) electrons. The van der Waals surface area contributed by atoms with Gasteiger partial charge in [0.15, 0.2) is 9.84 Å². The number of para-hydroxylation sites is 1. The van der Waals surface area contributed by atoms with Crippen LogP contribution in [0.3, 0.4) is 0 Å². The van der Waals surface area contributed by atoms with Crippen molar-refractivity contribution in [3.63, 3.8) is 0 Å². The van der Waals surface area contributed by atoms with Gasteiger partial charge < -0.3 is 9.30 Å². The lowest BCUT2D eigenvalue weighted by atomic mass is 10.2. The number of rotatable bonds is 4. The molecule has 0 fully saturated rings. The van der Waals surface area contributed by atoms with Crippen LogP contribution in [0.5, 0.6) is 0 Å². The van der Waals surface area contributed by atoms with E-state index in [1.165, 1.54) is 6.07 Å². The predicted molar refractivity (Wildman–Crippen MR) is 78.9 cm³/mol. The Bertz CT molecular complexity index is 793. The fraction of sp³-hybridized carbons (Fsp3) is 0.429. The molecule has 21 heavy (non-hydrogen) atoms. The van der Waals surface area contributed by atoms with Gasteiger partial charge in [-0.3, -0.25) is 4.79 Å². The van der Waals surface area contributed by atoms with E-state index in [0.29, 0.717) is 23.5 Å². The monoisotopic (exact) mass is 310 g/mol. The lowest BCUT2D eigenvalue weighted by Crippen LogP contribution is -2.16. The summed E-state index contributed by atoms with van der Waals surface area (Å²) in [5.41, 5.74) is 1.05. The van der Waals surface area contributed by atoms with E-state index in [2.05, 4.69) is 4.98 Å². The fourth-order valence-electron chi connectivity index (χ4n) is 2.27. The van der Waals surface area contributed by atoms with Gasteiger partial charge in [-0.25, -0.2) is 13.4 Å². The van der Waals surface area contributed by atoms with Gasteiger partial charge in [0, 0.05) is 13.3 Å². The van der Waals surface area contributed by atoms with Crippen LogP contribution in [-0.2, 0) is 26.4 Å². The third-order valence-corrected chi connectivity index (χ3v) is 4.46. The van der Waals surface area contributed by atoms with Crippen LogP contribution in [0.1, 0.15) is 25.6 Å². The SMILES string of the molecule is CCOC(=O)C(C)c1nc2c(S(C)(=O)=O)cccc2n1C. The molecule has 1 unspecified atom stereocenters. The zero-order valence-electron chi connectivity index (χ0n) is 12.5. The Morgan fingerprint density at radius 1 is 1.43 bits per heavy atom. The molecule has 1 aromatic heterocycles. The number of nitrogens with zero attached hydrogens (tertiary/aromatic N) is 2. The Labute approximate surface area is 123 Å². The molecule has 6 nitrogen and oxygen atoms in total. The Morgan fingerprint density at radius 2 is 2.10 bits per heavy atom. The molecule has 0 bridgehead atoms. The van der Waals surface area contributed by atoms with Gasteiger partial charge in [-0.2, -0.15) is 0 Å². The number of imidazole rings is 1. The van der Waals surface area contributed by atoms with Gasteiger partial charge in [-0.05, 0) is 26.0 Å². The fourth-order valence-corrected chi connectivity index (χ4v) is 3.09. The highest BCUT2D eigenvalue weighted by atomic mass is 32.2. The molecule has 0 spiro atoms. The maximum absolute atomic E-state index is 11.9. The quantitative estimate of drug-likeness (QED) is 0.802. The van der Waals surface area contributed by atoms with Crippen molar-refractivity contribution in [3.05, 3.63) is 24.0 Å². The van der Waals surface area contributed by atoms with Crippen molar-refractivity contribution < 1.29 is 17.9 Å². The van der Waals surface area contributed by atoms with Gasteiger partial charge >= 0.3 is 5.97 Å². The molecule has 0 aliphatic carbocycles. The molecule has 2 rings (SSSR count). The van der Waals surface area contributed by atoms with Crippen molar-refractivity contribution in [2.24, 2.45) is 7.05 Å². The van der Waals surface area contributed by atoms with Crippen LogP contribution in [0.4, 0.5) is 0 Å². The summed E-state index contributed by atoms with van der Waals surface area (Å²) >= 11 is 0. The Balaban J connectivity index is 2.64. The Hall–Kier alpha value is -1.89. The number of esters is 1. The van der Waals surface area contributed by atoms with Crippen LogP contribution in [0.25, 0.3) is 11.0 Å². The average Bonchev–Trinajstić information content (AvgIpc) is 2.74. The molecule has 0 N–H and O–H groups in total. The second kappa shape index (κ2) is 5.48. The van der Waals surface area contributed by atoms with Gasteiger partial charge in [0.2, 0.25) is 0 Å². The van der Waals surface area contributed by atoms with Gasteiger partial charge in [0.1, 0.15) is 17.3 Å². The van der Waals surface area contributed by atoms with E-state index in [4.69, 9.17) is 4.74 Å². The standard InChI is InChI=1S/C14H18N2O4S/c1-5-20-14(17)9(2)13-15-12-10(16(13)3)7-6-8-11(12)21(4,18)19/h6-9H,5H2,1-4H3. The number of aromatic nitrogens is 2. The molecule has 0 saturated heterocycles. The van der Waals surface area contributed by atoms with Crippen molar-refractivity contribution in [1.29, 1.82) is 0 Å². The smallest absolute Gasteiger partial charge is 0.316 e. The summed E-state index contributed by atoms with van der Waals surface area (Å²) in [5.74, 6) is -0.453. The van der Waals surface area contributed by atoms with E-state index in [0.717, 1.165) is 6.26 Å². The highest BCUT2D eigenvalue weighted by Crippen LogP contribution is 2.26. The summed E-state index contributed by atoms with van der Waals surface area (Å²) in [7, 11) is -1.62. The average molecular weight is 310 g/mol. The van der Waals surface area contributed by atoms with Crippen molar-refractivity contribution >= 4 is 26.8 Å². The molecule has 1 atom stereocenters. The largest absolute Gasteiger partial charge is 0.465 e. The summed E-state index contributed by atoms with van der Waals surface area (Å²) in [6.07, 6.45) is 1.14. The summed E-state index contributed by atoms with van der Waals surface area (Å²) in [4.78, 5) is 16.4. The molecule has 1 aromatic carbocycles. The number of carbonyl (C=O) groups excluding carboxylic acids is 1. The van der Waals surface area contributed by atoms with E-state index in [1.807, 2.05) is 0 Å². The van der Waals surface area contributed by atoms with Gasteiger partial charge in [-0.1, -0.05) is 6.07 Å². The summed E-state index contributed by atoms with van der Waals surface area (Å²) in [6.45, 7) is 3.72. The Kier molecular flexibility index (Phi) is 4.04. The van der Waals surface area contributed by atoms with E-state index in [1.54, 1.807) is 37.6 Å². The summed E-state index contributed by atoms with van der Waals surface area (Å²) in [6, 6.07) is 4.96. The first-order valence-electron chi connectivity index (χ1n) is 6.59. The zero-order valence-corrected chi connectivity index (χ0v) is 13.3. The third kappa shape index (κ3) is 2.78. The summed E-state index contributed by atoms with van der Waals surface area (Å²) < 4.78 is 30.4. The molecule has 114 valence electrons. The molecule has 0 aliphatic heterocycles. The molecule has 0 aliphatic rings. The maximum atomic E-state index is 11.9. The predicted octanol–water partition coefficient (Wildman–Crippen LogP) is 1.64. The Morgan fingerprint density at radius 3 is 2.67 bits per heavy atom. The van der Waals surface area contributed by atoms with E-state index < -0.39 is 15.8 Å². The first-order valence-corrected chi connectivity index (χ1v) is 8.48. The minimum absolute atomic E-state index is 0.165. The van der Waals surface area contributed by atoms with Crippen LogP contribution >= 0.6 is 0 Å². The first kappa shape index (κ1) is 15.5. The van der Waals surface area contributed by atoms with Crippen LogP contribution in [0.15, 0.2) is 23.1 Å². The molecule has 1 heterocycles. The van der Waals surface area contributed by atoms with E-state index in [9.17, 15) is 13.2 Å². The molecule has 0 saturated carbocycles. The molecule has 2 aromatic rings. The van der Waals surface area contributed by atoms with Crippen LogP contribution < -0.4 is 0 Å². The topological polar surface area (TPSA) is 78.3 Å². The van der Waals surface area contributed by atoms with E-state index in [-0.39, 0.29) is 10.9 Å². The number of aryl methyl sites for hydroxylation is 1. The summed E-state index contributed by atoms with van der Waals surface area (Å²) in [5, 5.41) is 0. The first-order chi connectivity index (χ1) is 9.77. The molecular weight excluding hydrogens is 292 g/mol. The van der Waals surface area contributed by atoms with Crippen molar-refractivity contribution in [2.75, 3.05) is 12.9 Å². The number of sulfone groups is 1. The van der Waals surface area contributed by atoms with Crippen LogP contribution in [-0.4, -0.2) is 36.8 Å². The molecule has 7 heteroatoms. The highest BCUT2D eigenvalue weighted by Gasteiger charge is 2.24. The number of hydrogen-bond donors (Lipinski definition) is 0. The second-order valence-corrected chi connectivity index (χ2v) is 6.88. The van der Waals surface area contributed by atoms with E-state index >= 15 is 0 Å². The lowest BCUT2D eigenvalue weighted by Gasteiger charge is -2.10. The van der Waals surface area contributed by atoms with Gasteiger partial charge in [-0.15, -0.1) is 0 Å².